The van der Waals surface area contributed by atoms with Crippen molar-refractivity contribution in [3.05, 3.63) is 78.2 Å². The van der Waals surface area contributed by atoms with Gasteiger partial charge in [0.25, 0.3) is 0 Å². The van der Waals surface area contributed by atoms with Gasteiger partial charge in [-0.3, -0.25) is 14.8 Å². The van der Waals surface area contributed by atoms with Crippen LogP contribution in [0.25, 0.3) is 44.5 Å². The number of carboxylic acids is 1. The molecule has 9 nitrogen and oxygen atoms in total. The zero-order valence-electron chi connectivity index (χ0n) is 23.9. The molecular weight excluding hydrogens is 542 g/mol. The number of carboxylic acid groups (broad SMARTS) is 1. The fourth-order valence-corrected chi connectivity index (χ4v) is 6.66. The molecule has 1 aliphatic heterocycles. The molecule has 1 amide bonds. The van der Waals surface area contributed by atoms with Crippen LogP contribution in [-0.2, 0) is 16.1 Å². The highest BCUT2D eigenvalue weighted by atomic mass is 16.5. The number of carbonyl (C=O) groups excluding carboxylic acids is 1. The van der Waals surface area contributed by atoms with Gasteiger partial charge in [-0.1, -0.05) is 31.4 Å². The van der Waals surface area contributed by atoms with Crippen molar-refractivity contribution in [2.75, 3.05) is 26.3 Å². The lowest BCUT2D eigenvalue weighted by atomic mass is 9.81. The van der Waals surface area contributed by atoms with Crippen molar-refractivity contribution in [3.8, 4) is 22.5 Å². The number of benzene rings is 2. The second-order valence-corrected chi connectivity index (χ2v) is 11.4. The maximum absolute atomic E-state index is 13.7. The van der Waals surface area contributed by atoms with Crippen molar-refractivity contribution in [1.29, 1.82) is 0 Å². The zero-order chi connectivity index (χ0) is 29.3. The molecule has 4 heterocycles. The van der Waals surface area contributed by atoms with Crippen molar-refractivity contribution in [3.63, 3.8) is 0 Å². The van der Waals surface area contributed by atoms with Gasteiger partial charge in [0.15, 0.2) is 0 Å². The summed E-state index contributed by atoms with van der Waals surface area (Å²) in [6.07, 6.45) is 10.9. The number of carbonyl (C=O) groups is 2. The van der Waals surface area contributed by atoms with E-state index in [9.17, 15) is 14.7 Å². The third kappa shape index (κ3) is 5.25. The smallest absolute Gasteiger partial charge is 0.335 e. The van der Waals surface area contributed by atoms with Crippen molar-refractivity contribution in [2.24, 2.45) is 0 Å². The zero-order valence-corrected chi connectivity index (χ0v) is 23.9. The highest BCUT2D eigenvalue weighted by Gasteiger charge is 2.29. The molecule has 3 aromatic heterocycles. The minimum Gasteiger partial charge on any atom is -0.478 e. The van der Waals surface area contributed by atoms with Gasteiger partial charge in [0.1, 0.15) is 6.54 Å². The molecule has 0 atom stereocenters. The van der Waals surface area contributed by atoms with Crippen LogP contribution >= 0.6 is 0 Å². The first-order chi connectivity index (χ1) is 21.1. The minimum atomic E-state index is -0.985. The number of pyridine rings is 1. The van der Waals surface area contributed by atoms with E-state index in [1.54, 1.807) is 30.7 Å². The number of amides is 1. The summed E-state index contributed by atoms with van der Waals surface area (Å²) in [6, 6.07) is 15.3. The lowest BCUT2D eigenvalue weighted by Gasteiger charge is -2.28. The standard InChI is InChI=1S/C34H33N5O4/c40-31(38-14-16-43-17-15-38)21-39-30-19-25(34(41)42)6-8-26(30)32(23-4-2-1-3-5-23)33(39)24-7-9-27-28(18-24)36-20-29(37-27)22-10-12-35-13-11-22/h6-13,18-20,23H,1-5,14-17,21H2,(H,41,42). The quantitative estimate of drug-likeness (QED) is 0.268. The van der Waals surface area contributed by atoms with Crippen molar-refractivity contribution in [1.82, 2.24) is 24.4 Å². The fourth-order valence-electron chi connectivity index (χ4n) is 6.66. The van der Waals surface area contributed by atoms with Gasteiger partial charge in [0, 0.05) is 42.0 Å². The molecule has 2 aromatic carbocycles. The Morgan fingerprint density at radius 2 is 1.70 bits per heavy atom. The van der Waals surface area contributed by atoms with E-state index < -0.39 is 5.97 Å². The largest absolute Gasteiger partial charge is 0.478 e. The summed E-state index contributed by atoms with van der Waals surface area (Å²) in [5.74, 6) is -0.668. The second-order valence-electron chi connectivity index (χ2n) is 11.4. The number of rotatable bonds is 6. The molecule has 0 radical (unpaired) electrons. The first kappa shape index (κ1) is 27.2. The molecule has 7 rings (SSSR count). The highest BCUT2D eigenvalue weighted by molar-refractivity contribution is 5.99. The van der Waals surface area contributed by atoms with Crippen LogP contribution in [-0.4, -0.2) is 67.7 Å². The summed E-state index contributed by atoms with van der Waals surface area (Å²) in [4.78, 5) is 41.3. The van der Waals surface area contributed by atoms with Gasteiger partial charge in [-0.2, -0.15) is 0 Å². The fraction of sp³-hybridized carbons (Fsp3) is 0.324. The molecule has 218 valence electrons. The van der Waals surface area contributed by atoms with E-state index in [1.807, 2.05) is 39.8 Å². The molecule has 9 heteroatoms. The summed E-state index contributed by atoms with van der Waals surface area (Å²) in [5.41, 5.74) is 7.35. The van der Waals surface area contributed by atoms with Crippen LogP contribution in [0, 0.1) is 0 Å². The Balaban J connectivity index is 1.41. The van der Waals surface area contributed by atoms with E-state index in [0.717, 1.165) is 70.1 Å². The topological polar surface area (TPSA) is 110 Å². The van der Waals surface area contributed by atoms with Gasteiger partial charge in [-0.05, 0) is 60.7 Å². The maximum Gasteiger partial charge on any atom is 0.335 e. The Kier molecular flexibility index (Phi) is 7.32. The lowest BCUT2D eigenvalue weighted by molar-refractivity contribution is -0.135. The number of aromatic carboxylic acids is 1. The monoisotopic (exact) mass is 575 g/mol. The minimum absolute atomic E-state index is 0.0000502. The van der Waals surface area contributed by atoms with E-state index in [2.05, 4.69) is 11.1 Å². The summed E-state index contributed by atoms with van der Waals surface area (Å²) in [5, 5.41) is 10.9. The van der Waals surface area contributed by atoms with Gasteiger partial charge in [0.05, 0.1) is 52.9 Å². The van der Waals surface area contributed by atoms with Crippen molar-refractivity contribution >= 4 is 33.8 Å². The first-order valence-corrected chi connectivity index (χ1v) is 15.0. The molecule has 1 N–H and O–H groups in total. The Bertz CT molecular complexity index is 1820. The van der Waals surface area contributed by atoms with Gasteiger partial charge < -0.3 is 19.3 Å². The SMILES string of the molecule is O=C(O)c1ccc2c(C3CCCCC3)c(-c3ccc4nc(-c5ccncc5)cnc4c3)n(CC(=O)N3CCOCC3)c2c1. The number of hydrogen-bond donors (Lipinski definition) is 1. The van der Waals surface area contributed by atoms with Crippen LogP contribution in [0.15, 0.2) is 67.1 Å². The van der Waals surface area contributed by atoms with Gasteiger partial charge in [-0.15, -0.1) is 0 Å². The van der Waals surface area contributed by atoms with Gasteiger partial charge in [-0.25, -0.2) is 9.78 Å². The van der Waals surface area contributed by atoms with Crippen molar-refractivity contribution in [2.45, 2.75) is 44.6 Å². The molecule has 1 saturated heterocycles. The molecule has 43 heavy (non-hydrogen) atoms. The third-order valence-electron chi connectivity index (χ3n) is 8.81. The van der Waals surface area contributed by atoms with E-state index in [-0.39, 0.29) is 18.0 Å². The molecule has 1 saturated carbocycles. The Labute approximate surface area is 249 Å². The van der Waals surface area contributed by atoms with Crippen LogP contribution in [0.1, 0.15) is 53.9 Å². The normalized spacial score (nSPS) is 16.1. The molecule has 0 unspecified atom stereocenters. The summed E-state index contributed by atoms with van der Waals surface area (Å²) in [7, 11) is 0. The average Bonchev–Trinajstić information content (AvgIpc) is 3.38. The third-order valence-corrected chi connectivity index (χ3v) is 8.81. The van der Waals surface area contributed by atoms with E-state index >= 15 is 0 Å². The Morgan fingerprint density at radius 1 is 0.907 bits per heavy atom. The first-order valence-electron chi connectivity index (χ1n) is 15.0. The predicted molar refractivity (Wildman–Crippen MR) is 164 cm³/mol. The average molecular weight is 576 g/mol. The lowest BCUT2D eigenvalue weighted by Crippen LogP contribution is -2.42. The number of morpholine rings is 1. The van der Waals surface area contributed by atoms with Gasteiger partial charge in [0.2, 0.25) is 5.91 Å². The molecule has 1 aliphatic carbocycles. The highest BCUT2D eigenvalue weighted by Crippen LogP contribution is 2.44. The van der Waals surface area contributed by atoms with Crippen LogP contribution in [0.5, 0.6) is 0 Å². The van der Waals surface area contributed by atoms with Crippen LogP contribution in [0.2, 0.25) is 0 Å². The van der Waals surface area contributed by atoms with Crippen LogP contribution in [0.4, 0.5) is 0 Å². The van der Waals surface area contributed by atoms with Crippen LogP contribution in [0.3, 0.4) is 0 Å². The molecular formula is C34H33N5O4. The van der Waals surface area contributed by atoms with E-state index in [0.29, 0.717) is 32.2 Å². The van der Waals surface area contributed by atoms with Crippen LogP contribution < -0.4 is 0 Å². The van der Waals surface area contributed by atoms with E-state index in [4.69, 9.17) is 14.7 Å². The molecule has 2 fully saturated rings. The Hall–Kier alpha value is -4.63. The summed E-state index contributed by atoms with van der Waals surface area (Å²) < 4.78 is 7.53. The summed E-state index contributed by atoms with van der Waals surface area (Å²) >= 11 is 0. The molecule has 5 aromatic rings. The number of fused-ring (bicyclic) bond motifs is 2. The van der Waals surface area contributed by atoms with E-state index in [1.165, 1.54) is 12.0 Å². The molecule has 0 bridgehead atoms. The van der Waals surface area contributed by atoms with Gasteiger partial charge >= 0.3 is 5.97 Å². The number of aromatic nitrogens is 4. The number of hydrogen-bond acceptors (Lipinski definition) is 6. The predicted octanol–water partition coefficient (Wildman–Crippen LogP) is 5.92. The maximum atomic E-state index is 13.7. The Morgan fingerprint density at radius 3 is 2.47 bits per heavy atom. The molecule has 0 spiro atoms. The number of nitrogens with zero attached hydrogens (tertiary/aromatic N) is 5. The second kappa shape index (κ2) is 11.6. The number of ether oxygens (including phenoxy) is 1. The molecule has 2 aliphatic rings. The summed E-state index contributed by atoms with van der Waals surface area (Å²) in [6.45, 7) is 2.26. The van der Waals surface area contributed by atoms with Crippen molar-refractivity contribution < 1.29 is 19.4 Å².